The van der Waals surface area contributed by atoms with Crippen LogP contribution in [-0.2, 0) is 4.79 Å². The average Bonchev–Trinajstić information content (AvgIpc) is 2.36. The highest BCUT2D eigenvalue weighted by Gasteiger charge is 2.25. The van der Waals surface area contributed by atoms with Crippen LogP contribution >= 0.6 is 0 Å². The summed E-state index contributed by atoms with van der Waals surface area (Å²) in [6.45, 7) is 2.00. The Labute approximate surface area is 110 Å². The molecule has 0 spiro atoms. The van der Waals surface area contributed by atoms with Gasteiger partial charge in [0.1, 0.15) is 12.2 Å². The monoisotopic (exact) mass is 268 g/mol. The van der Waals surface area contributed by atoms with Crippen LogP contribution in [0.15, 0.2) is 18.2 Å². The van der Waals surface area contributed by atoms with Crippen molar-refractivity contribution in [3.8, 4) is 5.75 Å². The molecule has 1 aromatic carbocycles. The van der Waals surface area contributed by atoms with E-state index < -0.39 is 10.9 Å². The number of anilines is 1. The molecule has 0 unspecified atom stereocenters. The van der Waals surface area contributed by atoms with E-state index in [-0.39, 0.29) is 23.7 Å². The number of nitro benzene ring substituents is 1. The molecule has 0 aromatic heterocycles. The number of para-hydroxylation sites is 1. The molecule has 1 N–H and O–H groups in total. The number of methoxy groups -OCH3 is 1. The minimum Gasteiger partial charge on any atom is -0.490 e. The van der Waals surface area contributed by atoms with Gasteiger partial charge in [0, 0.05) is 6.54 Å². The molecule has 0 bridgehead atoms. The smallest absolute Gasteiger partial charge is 0.333 e. The number of carbonyl (C=O) groups is 1. The Hall–Kier alpha value is -2.31. The molecule has 0 aliphatic carbocycles. The van der Waals surface area contributed by atoms with E-state index in [1.165, 1.54) is 24.1 Å². The summed E-state index contributed by atoms with van der Waals surface area (Å²) >= 11 is 0. The van der Waals surface area contributed by atoms with E-state index in [2.05, 4.69) is 0 Å². The number of nitrogens with zero attached hydrogens (tertiary/aromatic N) is 2. The third-order valence-corrected chi connectivity index (χ3v) is 2.54. The van der Waals surface area contributed by atoms with Crippen LogP contribution in [0.4, 0.5) is 11.4 Å². The Morgan fingerprint density at radius 3 is 2.68 bits per heavy atom. The number of rotatable bonds is 7. The summed E-state index contributed by atoms with van der Waals surface area (Å²) in [4.78, 5) is 22.9. The highest BCUT2D eigenvalue weighted by Crippen LogP contribution is 2.36. The fourth-order valence-corrected chi connectivity index (χ4v) is 1.83. The van der Waals surface area contributed by atoms with E-state index in [4.69, 9.17) is 9.84 Å². The molecule has 19 heavy (non-hydrogen) atoms. The van der Waals surface area contributed by atoms with Crippen molar-refractivity contribution in [3.63, 3.8) is 0 Å². The van der Waals surface area contributed by atoms with E-state index in [9.17, 15) is 14.9 Å². The largest absolute Gasteiger partial charge is 0.490 e. The van der Waals surface area contributed by atoms with Crippen LogP contribution in [0.3, 0.4) is 0 Å². The number of benzene rings is 1. The Morgan fingerprint density at radius 1 is 1.53 bits per heavy atom. The predicted molar refractivity (Wildman–Crippen MR) is 69.8 cm³/mol. The van der Waals surface area contributed by atoms with Gasteiger partial charge in [-0.1, -0.05) is 13.0 Å². The third-order valence-electron chi connectivity index (χ3n) is 2.54. The summed E-state index contributed by atoms with van der Waals surface area (Å²) in [5.41, 5.74) is 0.0494. The Morgan fingerprint density at radius 2 is 2.21 bits per heavy atom. The van der Waals surface area contributed by atoms with Gasteiger partial charge in [0.15, 0.2) is 5.75 Å². The summed E-state index contributed by atoms with van der Waals surface area (Å²) in [5.74, 6) is -0.917. The third kappa shape index (κ3) is 3.57. The fraction of sp³-hybridized carbons (Fsp3) is 0.417. The first-order valence-corrected chi connectivity index (χ1v) is 5.79. The van der Waals surface area contributed by atoms with E-state index in [1.54, 1.807) is 6.07 Å². The Balaban J connectivity index is 3.28. The molecule has 0 saturated heterocycles. The molecule has 0 amide bonds. The van der Waals surface area contributed by atoms with Crippen molar-refractivity contribution in [3.05, 3.63) is 28.3 Å². The summed E-state index contributed by atoms with van der Waals surface area (Å²) in [6, 6.07) is 4.61. The molecule has 1 aromatic rings. The first-order valence-electron chi connectivity index (χ1n) is 5.79. The van der Waals surface area contributed by atoms with Crippen LogP contribution in [-0.4, -0.2) is 36.2 Å². The highest BCUT2D eigenvalue weighted by atomic mass is 16.6. The quantitative estimate of drug-likeness (QED) is 0.599. The SMILES string of the molecule is CCCN(CC(=O)O)c1cccc(OC)c1[N+](=O)[O-]. The number of aliphatic carboxylic acids is 1. The minimum atomic E-state index is -1.04. The van der Waals surface area contributed by atoms with Crippen LogP contribution in [0.1, 0.15) is 13.3 Å². The van der Waals surface area contributed by atoms with Gasteiger partial charge in [0.2, 0.25) is 0 Å². The molecule has 7 heteroatoms. The van der Waals surface area contributed by atoms with Gasteiger partial charge < -0.3 is 14.7 Å². The number of carboxylic acid groups (broad SMARTS) is 1. The number of ether oxygens (including phenoxy) is 1. The lowest BCUT2D eigenvalue weighted by molar-refractivity contribution is -0.385. The molecule has 0 saturated carbocycles. The van der Waals surface area contributed by atoms with Crippen LogP contribution < -0.4 is 9.64 Å². The maximum Gasteiger partial charge on any atom is 0.333 e. The molecule has 0 aliphatic rings. The molecule has 0 aliphatic heterocycles. The maximum absolute atomic E-state index is 11.1. The number of hydrogen-bond acceptors (Lipinski definition) is 5. The molecule has 104 valence electrons. The van der Waals surface area contributed by atoms with E-state index >= 15 is 0 Å². The van der Waals surface area contributed by atoms with Crippen molar-refractivity contribution in [2.24, 2.45) is 0 Å². The average molecular weight is 268 g/mol. The van der Waals surface area contributed by atoms with E-state index in [0.29, 0.717) is 13.0 Å². The molecule has 0 fully saturated rings. The van der Waals surface area contributed by atoms with Crippen LogP contribution in [0.25, 0.3) is 0 Å². The van der Waals surface area contributed by atoms with Gasteiger partial charge in [-0.25, -0.2) is 0 Å². The van der Waals surface area contributed by atoms with Crippen LogP contribution in [0.5, 0.6) is 5.75 Å². The molecule has 1 rings (SSSR count). The van der Waals surface area contributed by atoms with Crippen LogP contribution in [0.2, 0.25) is 0 Å². The molecular formula is C12H16N2O5. The van der Waals surface area contributed by atoms with Crippen LogP contribution in [0, 0.1) is 10.1 Å². The van der Waals surface area contributed by atoms with Crippen molar-refractivity contribution in [1.82, 2.24) is 0 Å². The predicted octanol–water partition coefficient (Wildman–Crippen LogP) is 1.90. The summed E-state index contributed by atoms with van der Waals surface area (Å²) in [5, 5.41) is 20.0. The zero-order chi connectivity index (χ0) is 14.4. The first kappa shape index (κ1) is 14.7. The lowest BCUT2D eigenvalue weighted by Crippen LogP contribution is -2.31. The molecule has 0 radical (unpaired) electrons. The van der Waals surface area contributed by atoms with Crippen molar-refractivity contribution < 1.29 is 19.6 Å². The van der Waals surface area contributed by atoms with Gasteiger partial charge in [-0.15, -0.1) is 0 Å². The van der Waals surface area contributed by atoms with Gasteiger partial charge in [0.05, 0.1) is 12.0 Å². The Bertz CT molecular complexity index is 475. The van der Waals surface area contributed by atoms with Crippen molar-refractivity contribution >= 4 is 17.3 Å². The molecule has 7 nitrogen and oxygen atoms in total. The molecule has 0 atom stereocenters. The summed E-state index contributed by atoms with van der Waals surface area (Å²) < 4.78 is 4.96. The van der Waals surface area contributed by atoms with E-state index in [1.807, 2.05) is 6.92 Å². The summed E-state index contributed by atoms with van der Waals surface area (Å²) in [6.07, 6.45) is 0.682. The highest BCUT2D eigenvalue weighted by molar-refractivity contribution is 5.78. The van der Waals surface area contributed by atoms with Crippen molar-refractivity contribution in [1.29, 1.82) is 0 Å². The fourth-order valence-electron chi connectivity index (χ4n) is 1.83. The minimum absolute atomic E-state index is 0.119. The molecular weight excluding hydrogens is 252 g/mol. The van der Waals surface area contributed by atoms with Gasteiger partial charge >= 0.3 is 11.7 Å². The summed E-state index contributed by atoms with van der Waals surface area (Å²) in [7, 11) is 1.34. The Kier molecular flexibility index (Phi) is 5.11. The standard InChI is InChI=1S/C12H16N2O5/c1-3-7-13(8-11(15)16)9-5-4-6-10(19-2)12(9)14(17)18/h4-6H,3,7-8H2,1-2H3,(H,15,16). The van der Waals surface area contributed by atoms with Gasteiger partial charge in [-0.2, -0.15) is 0 Å². The van der Waals surface area contributed by atoms with Gasteiger partial charge in [-0.3, -0.25) is 14.9 Å². The van der Waals surface area contributed by atoms with Gasteiger partial charge in [0.25, 0.3) is 0 Å². The second-order valence-electron chi connectivity index (χ2n) is 3.90. The second-order valence-corrected chi connectivity index (χ2v) is 3.90. The van der Waals surface area contributed by atoms with Gasteiger partial charge in [-0.05, 0) is 18.6 Å². The maximum atomic E-state index is 11.1. The zero-order valence-electron chi connectivity index (χ0n) is 10.8. The lowest BCUT2D eigenvalue weighted by atomic mass is 10.2. The topological polar surface area (TPSA) is 92.9 Å². The van der Waals surface area contributed by atoms with E-state index in [0.717, 1.165) is 0 Å². The van der Waals surface area contributed by atoms with Crippen molar-refractivity contribution in [2.75, 3.05) is 25.1 Å². The lowest BCUT2D eigenvalue weighted by Gasteiger charge is -2.22. The normalized spacial score (nSPS) is 10.0. The zero-order valence-corrected chi connectivity index (χ0v) is 10.8. The number of nitro groups is 1. The van der Waals surface area contributed by atoms with Crippen molar-refractivity contribution in [2.45, 2.75) is 13.3 Å². The number of carboxylic acids is 1. The first-order chi connectivity index (χ1) is 9.01. The molecule has 0 heterocycles. The second kappa shape index (κ2) is 6.58. The number of hydrogen-bond donors (Lipinski definition) is 1.